The molecule has 0 aromatic carbocycles. The zero-order chi connectivity index (χ0) is 15.3. The number of nitrogens with zero attached hydrogens (tertiary/aromatic N) is 1. The largest absolute Gasteiger partial charge is 0.466 e. The first-order valence-corrected chi connectivity index (χ1v) is 9.78. The Kier molecular flexibility index (Phi) is 6.05. The van der Waals surface area contributed by atoms with Crippen LogP contribution in [0, 0.1) is 11.8 Å². The van der Waals surface area contributed by atoms with Gasteiger partial charge >= 0.3 is 5.97 Å². The highest BCUT2D eigenvalue weighted by molar-refractivity contribution is 7.89. The highest BCUT2D eigenvalue weighted by atomic mass is 32.2. The molecule has 5 nitrogen and oxygen atoms in total. The topological polar surface area (TPSA) is 63.7 Å². The van der Waals surface area contributed by atoms with Crippen molar-refractivity contribution in [1.82, 2.24) is 4.31 Å². The van der Waals surface area contributed by atoms with Crippen molar-refractivity contribution in [3.8, 4) is 0 Å². The molecule has 1 saturated carbocycles. The van der Waals surface area contributed by atoms with Gasteiger partial charge in [0.2, 0.25) is 10.0 Å². The van der Waals surface area contributed by atoms with Crippen LogP contribution in [-0.2, 0) is 19.6 Å². The zero-order valence-corrected chi connectivity index (χ0v) is 13.7. The molecule has 122 valence electrons. The number of esters is 1. The Hall–Kier alpha value is -0.620. The molecule has 6 heteroatoms. The average molecular weight is 317 g/mol. The SMILES string of the molecule is CCOC(=O)C1CCCN(S(=O)(=O)CC2CCCCC2)C1. The molecule has 1 aliphatic heterocycles. The van der Waals surface area contributed by atoms with Crippen LogP contribution in [0.3, 0.4) is 0 Å². The fraction of sp³-hybridized carbons (Fsp3) is 0.933. The van der Waals surface area contributed by atoms with E-state index in [-0.39, 0.29) is 17.6 Å². The normalized spacial score (nSPS) is 25.7. The second-order valence-corrected chi connectivity index (χ2v) is 8.25. The molecule has 1 atom stereocenters. The Morgan fingerprint density at radius 3 is 2.52 bits per heavy atom. The molecule has 0 spiro atoms. The van der Waals surface area contributed by atoms with Crippen LogP contribution in [0.4, 0.5) is 0 Å². The number of ether oxygens (including phenoxy) is 1. The highest BCUT2D eigenvalue weighted by Gasteiger charge is 2.34. The van der Waals surface area contributed by atoms with E-state index >= 15 is 0 Å². The fourth-order valence-corrected chi connectivity index (χ4v) is 5.36. The summed E-state index contributed by atoms with van der Waals surface area (Å²) in [6.07, 6.45) is 7.03. The predicted octanol–water partition coefficient (Wildman–Crippen LogP) is 2.17. The van der Waals surface area contributed by atoms with Gasteiger partial charge in [-0.15, -0.1) is 0 Å². The number of rotatable bonds is 5. The van der Waals surface area contributed by atoms with Crippen LogP contribution < -0.4 is 0 Å². The van der Waals surface area contributed by atoms with Gasteiger partial charge in [-0.2, -0.15) is 0 Å². The van der Waals surface area contributed by atoms with Gasteiger partial charge in [-0.3, -0.25) is 4.79 Å². The lowest BCUT2D eigenvalue weighted by Gasteiger charge is -2.32. The van der Waals surface area contributed by atoms with Crippen molar-refractivity contribution in [2.24, 2.45) is 11.8 Å². The van der Waals surface area contributed by atoms with Gasteiger partial charge in [-0.05, 0) is 38.5 Å². The summed E-state index contributed by atoms with van der Waals surface area (Å²) in [6, 6.07) is 0. The monoisotopic (exact) mass is 317 g/mol. The minimum atomic E-state index is -3.24. The molecule has 21 heavy (non-hydrogen) atoms. The van der Waals surface area contributed by atoms with E-state index in [2.05, 4.69) is 0 Å². The van der Waals surface area contributed by atoms with Crippen LogP contribution in [-0.4, -0.2) is 44.1 Å². The molecule has 0 N–H and O–H groups in total. The van der Waals surface area contributed by atoms with Gasteiger partial charge in [-0.1, -0.05) is 19.3 Å². The smallest absolute Gasteiger partial charge is 0.310 e. The van der Waals surface area contributed by atoms with Crippen molar-refractivity contribution in [1.29, 1.82) is 0 Å². The maximum absolute atomic E-state index is 12.6. The van der Waals surface area contributed by atoms with E-state index in [4.69, 9.17) is 4.74 Å². The summed E-state index contributed by atoms with van der Waals surface area (Å²) in [5.41, 5.74) is 0. The minimum Gasteiger partial charge on any atom is -0.466 e. The summed E-state index contributed by atoms with van der Waals surface area (Å²) in [5.74, 6) is 0.00402. The molecule has 0 amide bonds. The van der Waals surface area contributed by atoms with Gasteiger partial charge in [0.15, 0.2) is 0 Å². The van der Waals surface area contributed by atoms with E-state index < -0.39 is 10.0 Å². The lowest BCUT2D eigenvalue weighted by molar-refractivity contribution is -0.149. The number of hydrogen-bond acceptors (Lipinski definition) is 4. The number of sulfonamides is 1. The van der Waals surface area contributed by atoms with Gasteiger partial charge in [0, 0.05) is 13.1 Å². The Balaban J connectivity index is 1.93. The van der Waals surface area contributed by atoms with Gasteiger partial charge in [-0.25, -0.2) is 12.7 Å². The van der Waals surface area contributed by atoms with Crippen molar-refractivity contribution >= 4 is 16.0 Å². The van der Waals surface area contributed by atoms with E-state index in [1.807, 2.05) is 0 Å². The highest BCUT2D eigenvalue weighted by Crippen LogP contribution is 2.27. The molecule has 2 fully saturated rings. The van der Waals surface area contributed by atoms with E-state index in [1.165, 1.54) is 10.7 Å². The van der Waals surface area contributed by atoms with E-state index in [9.17, 15) is 13.2 Å². The Morgan fingerprint density at radius 1 is 1.14 bits per heavy atom. The third-order valence-corrected chi connectivity index (χ3v) is 6.58. The summed E-state index contributed by atoms with van der Waals surface area (Å²) in [4.78, 5) is 11.8. The van der Waals surface area contributed by atoms with E-state index in [0.29, 0.717) is 25.6 Å². The summed E-state index contributed by atoms with van der Waals surface area (Å²) in [6.45, 7) is 2.97. The lowest BCUT2D eigenvalue weighted by Crippen LogP contribution is -2.44. The van der Waals surface area contributed by atoms with Crippen molar-refractivity contribution in [3.05, 3.63) is 0 Å². The maximum Gasteiger partial charge on any atom is 0.310 e. The first-order valence-electron chi connectivity index (χ1n) is 8.17. The summed E-state index contributed by atoms with van der Waals surface area (Å²) in [5, 5.41) is 0. The molecule has 1 saturated heterocycles. The molecular weight excluding hydrogens is 290 g/mol. The molecule has 0 aromatic rings. The molecule has 0 aromatic heterocycles. The number of hydrogen-bond donors (Lipinski definition) is 0. The van der Waals surface area contributed by atoms with Gasteiger partial charge in [0.1, 0.15) is 0 Å². The Morgan fingerprint density at radius 2 is 1.86 bits per heavy atom. The molecule has 0 radical (unpaired) electrons. The second-order valence-electron chi connectivity index (χ2n) is 6.23. The van der Waals surface area contributed by atoms with Gasteiger partial charge in [0.05, 0.1) is 18.3 Å². The van der Waals surface area contributed by atoms with Crippen LogP contribution in [0.25, 0.3) is 0 Å². The molecule has 2 aliphatic rings. The third kappa shape index (κ3) is 4.68. The summed E-state index contributed by atoms with van der Waals surface area (Å²) < 4.78 is 31.7. The predicted molar refractivity (Wildman–Crippen MR) is 81.3 cm³/mol. The van der Waals surface area contributed by atoms with Crippen molar-refractivity contribution in [2.45, 2.75) is 51.9 Å². The van der Waals surface area contributed by atoms with Crippen LogP contribution in [0.5, 0.6) is 0 Å². The quantitative estimate of drug-likeness (QED) is 0.729. The van der Waals surface area contributed by atoms with Crippen molar-refractivity contribution < 1.29 is 17.9 Å². The number of carbonyl (C=O) groups is 1. The van der Waals surface area contributed by atoms with Crippen molar-refractivity contribution in [2.75, 3.05) is 25.4 Å². The van der Waals surface area contributed by atoms with Gasteiger partial charge < -0.3 is 4.74 Å². The molecule has 2 rings (SSSR count). The van der Waals surface area contributed by atoms with E-state index in [0.717, 1.165) is 38.5 Å². The summed E-state index contributed by atoms with van der Waals surface area (Å²) in [7, 11) is -3.24. The lowest BCUT2D eigenvalue weighted by atomic mass is 9.91. The Bertz CT molecular complexity index is 443. The standard InChI is InChI=1S/C15H27NO4S/c1-2-20-15(17)14-9-6-10-16(11-14)21(18,19)12-13-7-4-3-5-8-13/h13-14H,2-12H2,1H3. The first kappa shape index (κ1) is 16.7. The first-order chi connectivity index (χ1) is 10.0. The molecule has 1 aliphatic carbocycles. The fourth-order valence-electron chi connectivity index (χ4n) is 3.40. The molecule has 1 unspecified atom stereocenters. The van der Waals surface area contributed by atoms with Gasteiger partial charge in [0.25, 0.3) is 0 Å². The molecule has 0 bridgehead atoms. The molecule has 1 heterocycles. The molecular formula is C15H27NO4S. The van der Waals surface area contributed by atoms with E-state index in [1.54, 1.807) is 6.92 Å². The van der Waals surface area contributed by atoms with Crippen LogP contribution >= 0.6 is 0 Å². The second kappa shape index (κ2) is 7.58. The number of carbonyl (C=O) groups excluding carboxylic acids is 1. The third-order valence-electron chi connectivity index (χ3n) is 4.57. The van der Waals surface area contributed by atoms with Crippen LogP contribution in [0.15, 0.2) is 0 Å². The maximum atomic E-state index is 12.6. The van der Waals surface area contributed by atoms with Crippen molar-refractivity contribution in [3.63, 3.8) is 0 Å². The number of piperidine rings is 1. The summed E-state index contributed by atoms with van der Waals surface area (Å²) >= 11 is 0. The zero-order valence-electron chi connectivity index (χ0n) is 12.9. The minimum absolute atomic E-state index is 0.253. The Labute approximate surface area is 128 Å². The van der Waals surface area contributed by atoms with Crippen LogP contribution in [0.1, 0.15) is 51.9 Å². The van der Waals surface area contributed by atoms with Crippen LogP contribution in [0.2, 0.25) is 0 Å². The average Bonchev–Trinajstić information content (AvgIpc) is 2.48.